The smallest absolute Gasteiger partial charge is 0.142 e. The fourth-order valence-electron chi connectivity index (χ4n) is 1.86. The average Bonchev–Trinajstić information content (AvgIpc) is 2.47. The third kappa shape index (κ3) is 3.03. The molecular formula is C16H18N2O2. The number of hydrogen-bond donors (Lipinski definition) is 2. The van der Waals surface area contributed by atoms with Gasteiger partial charge in [0.15, 0.2) is 0 Å². The third-order valence-corrected chi connectivity index (χ3v) is 2.98. The first-order valence-electron chi connectivity index (χ1n) is 6.19. The molecule has 2 aromatic rings. The molecule has 0 heterocycles. The molecule has 2 aromatic carbocycles. The number of nitrogen functional groups attached to an aromatic ring is 2. The van der Waals surface area contributed by atoms with Gasteiger partial charge < -0.3 is 20.9 Å². The van der Waals surface area contributed by atoms with Crippen molar-refractivity contribution in [2.24, 2.45) is 0 Å². The second-order valence-electron chi connectivity index (χ2n) is 4.34. The van der Waals surface area contributed by atoms with Gasteiger partial charge in [-0.2, -0.15) is 0 Å². The molecule has 0 saturated heterocycles. The van der Waals surface area contributed by atoms with E-state index in [4.69, 9.17) is 20.9 Å². The SMILES string of the molecule is COc1cc(C=Cc2ccc(N)c(OC)c2)ccc1N. The molecule has 0 aromatic heterocycles. The van der Waals surface area contributed by atoms with Crippen LogP contribution in [-0.4, -0.2) is 14.2 Å². The molecule has 4 nitrogen and oxygen atoms in total. The third-order valence-electron chi connectivity index (χ3n) is 2.98. The summed E-state index contributed by atoms with van der Waals surface area (Å²) in [4.78, 5) is 0. The number of hydrogen-bond acceptors (Lipinski definition) is 4. The lowest BCUT2D eigenvalue weighted by molar-refractivity contribution is 0.417. The van der Waals surface area contributed by atoms with Crippen LogP contribution in [-0.2, 0) is 0 Å². The second kappa shape index (κ2) is 6.02. The fraction of sp³-hybridized carbons (Fsp3) is 0.125. The molecule has 0 atom stereocenters. The van der Waals surface area contributed by atoms with E-state index < -0.39 is 0 Å². The lowest BCUT2D eigenvalue weighted by Crippen LogP contribution is -1.92. The van der Waals surface area contributed by atoms with E-state index in [2.05, 4.69) is 0 Å². The Morgan fingerprint density at radius 1 is 0.750 bits per heavy atom. The Kier molecular flexibility index (Phi) is 4.15. The van der Waals surface area contributed by atoms with Crippen LogP contribution in [0.15, 0.2) is 36.4 Å². The van der Waals surface area contributed by atoms with E-state index >= 15 is 0 Å². The summed E-state index contributed by atoms with van der Waals surface area (Å²) in [6.45, 7) is 0. The highest BCUT2D eigenvalue weighted by molar-refractivity contribution is 5.73. The molecule has 0 aliphatic carbocycles. The zero-order chi connectivity index (χ0) is 14.5. The van der Waals surface area contributed by atoms with Crippen LogP contribution >= 0.6 is 0 Å². The van der Waals surface area contributed by atoms with Crippen LogP contribution in [0.4, 0.5) is 11.4 Å². The van der Waals surface area contributed by atoms with Crippen LogP contribution in [0.1, 0.15) is 11.1 Å². The molecule has 104 valence electrons. The van der Waals surface area contributed by atoms with Gasteiger partial charge in [0.2, 0.25) is 0 Å². The van der Waals surface area contributed by atoms with Crippen molar-refractivity contribution >= 4 is 23.5 Å². The zero-order valence-electron chi connectivity index (χ0n) is 11.6. The normalized spacial score (nSPS) is 10.7. The molecule has 0 aliphatic rings. The van der Waals surface area contributed by atoms with Gasteiger partial charge in [-0.1, -0.05) is 24.3 Å². The minimum Gasteiger partial charge on any atom is -0.495 e. The predicted octanol–water partition coefficient (Wildman–Crippen LogP) is 3.04. The van der Waals surface area contributed by atoms with Crippen molar-refractivity contribution in [1.29, 1.82) is 0 Å². The first kappa shape index (κ1) is 13.8. The minimum absolute atomic E-state index is 0.624. The summed E-state index contributed by atoms with van der Waals surface area (Å²) in [7, 11) is 3.20. The number of nitrogens with two attached hydrogens (primary N) is 2. The first-order valence-corrected chi connectivity index (χ1v) is 6.19. The Morgan fingerprint density at radius 2 is 1.15 bits per heavy atom. The molecule has 0 fully saturated rings. The van der Waals surface area contributed by atoms with Crippen molar-refractivity contribution < 1.29 is 9.47 Å². The maximum atomic E-state index is 5.78. The van der Waals surface area contributed by atoms with Gasteiger partial charge in [0.25, 0.3) is 0 Å². The number of ether oxygens (including phenoxy) is 2. The Labute approximate surface area is 118 Å². The van der Waals surface area contributed by atoms with Crippen LogP contribution in [0.3, 0.4) is 0 Å². The lowest BCUT2D eigenvalue weighted by atomic mass is 10.1. The summed E-state index contributed by atoms with van der Waals surface area (Å²) >= 11 is 0. The summed E-state index contributed by atoms with van der Waals surface area (Å²) < 4.78 is 10.4. The average molecular weight is 270 g/mol. The molecule has 0 saturated carbocycles. The number of anilines is 2. The van der Waals surface area contributed by atoms with Gasteiger partial charge in [0.1, 0.15) is 11.5 Å². The minimum atomic E-state index is 0.624. The summed E-state index contributed by atoms with van der Waals surface area (Å²) in [5, 5.41) is 0. The van der Waals surface area contributed by atoms with Crippen molar-refractivity contribution in [2.45, 2.75) is 0 Å². The van der Waals surface area contributed by atoms with E-state index in [0.29, 0.717) is 22.9 Å². The van der Waals surface area contributed by atoms with E-state index in [0.717, 1.165) is 11.1 Å². The molecule has 0 amide bonds. The monoisotopic (exact) mass is 270 g/mol. The van der Waals surface area contributed by atoms with Crippen molar-refractivity contribution in [1.82, 2.24) is 0 Å². The van der Waals surface area contributed by atoms with Gasteiger partial charge in [-0.3, -0.25) is 0 Å². The van der Waals surface area contributed by atoms with E-state index in [1.165, 1.54) is 0 Å². The highest BCUT2D eigenvalue weighted by Gasteiger charge is 2.00. The molecule has 0 radical (unpaired) electrons. The molecule has 0 bridgehead atoms. The van der Waals surface area contributed by atoms with Crippen LogP contribution in [0.2, 0.25) is 0 Å². The molecule has 0 aliphatic heterocycles. The van der Waals surface area contributed by atoms with Gasteiger partial charge in [0.05, 0.1) is 25.6 Å². The van der Waals surface area contributed by atoms with Gasteiger partial charge in [0, 0.05) is 0 Å². The Balaban J connectivity index is 2.25. The Bertz CT molecular complexity index is 581. The lowest BCUT2D eigenvalue weighted by Gasteiger charge is -2.06. The van der Waals surface area contributed by atoms with E-state index in [1.807, 2.05) is 48.6 Å². The van der Waals surface area contributed by atoms with E-state index in [-0.39, 0.29) is 0 Å². The van der Waals surface area contributed by atoms with Crippen molar-refractivity contribution in [3.8, 4) is 11.5 Å². The zero-order valence-corrected chi connectivity index (χ0v) is 11.6. The summed E-state index contributed by atoms with van der Waals surface area (Å²) in [5.74, 6) is 1.34. The molecule has 4 heteroatoms. The maximum Gasteiger partial charge on any atom is 0.142 e. The van der Waals surface area contributed by atoms with Crippen LogP contribution in [0.5, 0.6) is 11.5 Å². The summed E-state index contributed by atoms with van der Waals surface area (Å²) in [5.41, 5.74) is 14.8. The Hall–Kier alpha value is -2.62. The van der Waals surface area contributed by atoms with Crippen molar-refractivity contribution in [2.75, 3.05) is 25.7 Å². The van der Waals surface area contributed by atoms with Crippen molar-refractivity contribution in [3.05, 3.63) is 47.5 Å². The van der Waals surface area contributed by atoms with Gasteiger partial charge in [-0.25, -0.2) is 0 Å². The predicted molar refractivity (Wildman–Crippen MR) is 83.7 cm³/mol. The highest BCUT2D eigenvalue weighted by Crippen LogP contribution is 2.25. The highest BCUT2D eigenvalue weighted by atomic mass is 16.5. The molecular weight excluding hydrogens is 252 g/mol. The van der Waals surface area contributed by atoms with Crippen LogP contribution in [0, 0.1) is 0 Å². The molecule has 4 N–H and O–H groups in total. The fourth-order valence-corrected chi connectivity index (χ4v) is 1.86. The summed E-state index contributed by atoms with van der Waals surface area (Å²) in [6, 6.07) is 11.3. The first-order chi connectivity index (χ1) is 9.63. The number of methoxy groups -OCH3 is 2. The van der Waals surface area contributed by atoms with Gasteiger partial charge in [-0.05, 0) is 35.4 Å². The van der Waals surface area contributed by atoms with Gasteiger partial charge >= 0.3 is 0 Å². The molecule has 2 rings (SSSR count). The Morgan fingerprint density at radius 3 is 1.50 bits per heavy atom. The molecule has 0 unspecified atom stereocenters. The number of rotatable bonds is 4. The maximum absolute atomic E-state index is 5.78. The quantitative estimate of drug-likeness (QED) is 0.661. The number of benzene rings is 2. The standard InChI is InChI=1S/C16H18N2O2/c1-19-15-9-11(5-7-13(15)17)3-4-12-6-8-14(18)16(10-12)20-2/h3-10H,17-18H2,1-2H3. The van der Waals surface area contributed by atoms with Crippen molar-refractivity contribution in [3.63, 3.8) is 0 Å². The van der Waals surface area contributed by atoms with Crippen LogP contribution < -0.4 is 20.9 Å². The summed E-state index contributed by atoms with van der Waals surface area (Å²) in [6.07, 6.45) is 3.96. The van der Waals surface area contributed by atoms with E-state index in [1.54, 1.807) is 14.2 Å². The van der Waals surface area contributed by atoms with Gasteiger partial charge in [-0.15, -0.1) is 0 Å². The topological polar surface area (TPSA) is 70.5 Å². The molecule has 20 heavy (non-hydrogen) atoms. The largest absolute Gasteiger partial charge is 0.495 e. The van der Waals surface area contributed by atoms with E-state index in [9.17, 15) is 0 Å². The van der Waals surface area contributed by atoms with Crippen LogP contribution in [0.25, 0.3) is 12.2 Å². The second-order valence-corrected chi connectivity index (χ2v) is 4.34. The molecule has 0 spiro atoms.